The van der Waals surface area contributed by atoms with Crippen LogP contribution in [0, 0.1) is 25.7 Å². The van der Waals surface area contributed by atoms with Gasteiger partial charge in [-0.15, -0.1) is 0 Å². The third-order valence-corrected chi connectivity index (χ3v) is 8.73. The van der Waals surface area contributed by atoms with Crippen LogP contribution in [-0.2, 0) is 19.3 Å². The predicted molar refractivity (Wildman–Crippen MR) is 115 cm³/mol. The van der Waals surface area contributed by atoms with Gasteiger partial charge in [-0.05, 0) is 69.6 Å². The molecule has 0 N–H and O–H groups in total. The van der Waals surface area contributed by atoms with Gasteiger partial charge in [0.2, 0.25) is 5.91 Å². The molecule has 2 saturated heterocycles. The maximum atomic E-state index is 13.2. The second-order valence-corrected chi connectivity index (χ2v) is 11.6. The lowest BCUT2D eigenvalue weighted by Gasteiger charge is -2.34. The summed E-state index contributed by atoms with van der Waals surface area (Å²) < 4.78 is 23.1. The largest absolute Gasteiger partial charge is 0.377 e. The van der Waals surface area contributed by atoms with E-state index in [1.54, 1.807) is 12.3 Å². The second-order valence-electron chi connectivity index (χ2n) is 9.02. The van der Waals surface area contributed by atoms with E-state index in [4.69, 9.17) is 4.74 Å². The smallest absolute Gasteiger partial charge is 0.303 e. The van der Waals surface area contributed by atoms with E-state index in [2.05, 4.69) is 9.35 Å². The van der Waals surface area contributed by atoms with Crippen molar-refractivity contribution in [2.24, 2.45) is 16.2 Å². The topological polar surface area (TPSA) is 88.9 Å². The van der Waals surface area contributed by atoms with E-state index in [-0.39, 0.29) is 28.9 Å². The number of ether oxygens (including phenoxy) is 1. The lowest BCUT2D eigenvalue weighted by molar-refractivity contribution is -0.138. The van der Waals surface area contributed by atoms with Gasteiger partial charge in [0, 0.05) is 36.9 Å². The second kappa shape index (κ2) is 8.38. The number of amides is 2. The monoisotopic (exact) mass is 433 g/mol. The summed E-state index contributed by atoms with van der Waals surface area (Å²) in [5.41, 5.74) is 1.90. The third-order valence-electron chi connectivity index (χ3n) is 6.49. The zero-order valence-electron chi connectivity index (χ0n) is 18.0. The van der Waals surface area contributed by atoms with Gasteiger partial charge in [0.25, 0.3) is 0 Å². The van der Waals surface area contributed by atoms with Crippen LogP contribution >= 0.6 is 0 Å². The van der Waals surface area contributed by atoms with Crippen molar-refractivity contribution in [2.45, 2.75) is 57.3 Å². The maximum Gasteiger partial charge on any atom is 0.303 e. The number of hydrogen-bond donors (Lipinski definition) is 0. The van der Waals surface area contributed by atoms with Gasteiger partial charge >= 0.3 is 5.91 Å². The molecule has 0 spiro atoms. The van der Waals surface area contributed by atoms with Gasteiger partial charge < -0.3 is 9.64 Å². The molecule has 2 aliphatic heterocycles. The SMILES string of the molecule is Cc1cc(C)nc(C(=O)N=S(C)(=O)C2CCN(C(=O)[C@@H]3CCO[C@H]3C3CC3)CC2)c1. The molecule has 4 rings (SSSR count). The van der Waals surface area contributed by atoms with Crippen LogP contribution < -0.4 is 0 Å². The molecule has 1 unspecified atom stereocenters. The molecular formula is C22H31N3O4S. The summed E-state index contributed by atoms with van der Waals surface area (Å²) in [5.74, 6) is 0.181. The Hall–Kier alpha value is -1.80. The summed E-state index contributed by atoms with van der Waals surface area (Å²) in [6.45, 7) is 5.51. The molecule has 3 atom stereocenters. The van der Waals surface area contributed by atoms with Crippen molar-refractivity contribution in [1.29, 1.82) is 0 Å². The molecule has 164 valence electrons. The average Bonchev–Trinajstić information content (AvgIpc) is 3.43. The number of piperidine rings is 1. The lowest BCUT2D eigenvalue weighted by Crippen LogP contribution is -2.46. The molecule has 2 amide bonds. The number of hydrogen-bond acceptors (Lipinski definition) is 5. The minimum Gasteiger partial charge on any atom is -0.377 e. The van der Waals surface area contributed by atoms with Crippen LogP contribution in [0.15, 0.2) is 16.5 Å². The van der Waals surface area contributed by atoms with Crippen LogP contribution in [0.25, 0.3) is 0 Å². The molecule has 1 aromatic heterocycles. The van der Waals surface area contributed by atoms with Gasteiger partial charge in [-0.2, -0.15) is 4.36 Å². The van der Waals surface area contributed by atoms with Crippen molar-refractivity contribution in [1.82, 2.24) is 9.88 Å². The fraction of sp³-hybridized carbons (Fsp3) is 0.682. The number of likely N-dealkylation sites (tertiary alicyclic amines) is 1. The Balaban J connectivity index is 1.40. The number of carbonyl (C=O) groups is 2. The summed E-state index contributed by atoms with van der Waals surface area (Å²) >= 11 is 0. The van der Waals surface area contributed by atoms with Crippen molar-refractivity contribution >= 4 is 21.5 Å². The first-order valence-corrected chi connectivity index (χ1v) is 12.8. The van der Waals surface area contributed by atoms with Crippen LogP contribution in [-0.4, -0.2) is 63.2 Å². The lowest BCUT2D eigenvalue weighted by atomic mass is 9.95. The molecular weight excluding hydrogens is 402 g/mol. The van der Waals surface area contributed by atoms with Gasteiger partial charge in [0.1, 0.15) is 5.69 Å². The van der Waals surface area contributed by atoms with Crippen molar-refractivity contribution < 1.29 is 18.5 Å². The number of pyridine rings is 1. The summed E-state index contributed by atoms with van der Waals surface area (Å²) in [6.07, 6.45) is 5.97. The highest BCUT2D eigenvalue weighted by molar-refractivity contribution is 7.93. The molecule has 3 aliphatic rings. The van der Waals surface area contributed by atoms with E-state index in [0.717, 1.165) is 17.7 Å². The Bertz CT molecular complexity index is 937. The molecule has 1 aliphatic carbocycles. The van der Waals surface area contributed by atoms with Crippen LogP contribution in [0.2, 0.25) is 0 Å². The van der Waals surface area contributed by atoms with Crippen molar-refractivity contribution in [3.8, 4) is 0 Å². The number of rotatable bonds is 4. The molecule has 7 nitrogen and oxygen atoms in total. The quantitative estimate of drug-likeness (QED) is 0.728. The van der Waals surface area contributed by atoms with E-state index >= 15 is 0 Å². The van der Waals surface area contributed by atoms with Crippen molar-refractivity contribution in [3.63, 3.8) is 0 Å². The Morgan fingerprint density at radius 1 is 1.13 bits per heavy atom. The van der Waals surface area contributed by atoms with Gasteiger partial charge in [-0.25, -0.2) is 9.19 Å². The Morgan fingerprint density at radius 3 is 2.47 bits per heavy atom. The molecule has 0 radical (unpaired) electrons. The van der Waals surface area contributed by atoms with Crippen LogP contribution in [0.1, 0.15) is 53.8 Å². The average molecular weight is 434 g/mol. The summed E-state index contributed by atoms with van der Waals surface area (Å²) in [5, 5.41) is -0.199. The van der Waals surface area contributed by atoms with Gasteiger partial charge in [0.05, 0.1) is 21.8 Å². The standard InChI is InChI=1S/C22H31N3O4S/c1-14-12-15(2)23-19(13-14)21(26)24-30(3,28)17-6-9-25(10-7-17)22(27)18-8-11-29-20(18)16-4-5-16/h12-13,16-18,20H,4-11H2,1-3H3/t18-,20+,30?/m1/s1. The third kappa shape index (κ3) is 4.59. The highest BCUT2D eigenvalue weighted by atomic mass is 32.2. The molecule has 0 aromatic carbocycles. The van der Waals surface area contributed by atoms with E-state index < -0.39 is 15.6 Å². The van der Waals surface area contributed by atoms with Crippen molar-refractivity contribution in [2.75, 3.05) is 26.0 Å². The van der Waals surface area contributed by atoms with E-state index in [9.17, 15) is 13.8 Å². The Kier molecular flexibility index (Phi) is 5.99. The Morgan fingerprint density at radius 2 is 1.83 bits per heavy atom. The van der Waals surface area contributed by atoms with Crippen LogP contribution in [0.5, 0.6) is 0 Å². The Labute approximate surface area is 178 Å². The van der Waals surface area contributed by atoms with Gasteiger partial charge in [-0.3, -0.25) is 9.59 Å². The zero-order valence-corrected chi connectivity index (χ0v) is 18.8. The van der Waals surface area contributed by atoms with E-state index in [1.807, 2.05) is 24.8 Å². The normalized spacial score (nSPS) is 27.0. The van der Waals surface area contributed by atoms with Crippen molar-refractivity contribution in [3.05, 3.63) is 29.1 Å². The summed E-state index contributed by atoms with van der Waals surface area (Å²) in [6, 6.07) is 3.56. The molecule has 1 saturated carbocycles. The summed E-state index contributed by atoms with van der Waals surface area (Å²) in [7, 11) is -2.72. The first-order chi connectivity index (χ1) is 14.2. The van der Waals surface area contributed by atoms with Gasteiger partial charge in [0.15, 0.2) is 0 Å². The first kappa shape index (κ1) is 21.4. The minimum atomic E-state index is -2.72. The van der Waals surface area contributed by atoms with Gasteiger partial charge in [-0.1, -0.05) is 0 Å². The van der Waals surface area contributed by atoms with E-state index in [0.29, 0.717) is 38.5 Å². The fourth-order valence-electron chi connectivity index (χ4n) is 4.75. The first-order valence-electron chi connectivity index (χ1n) is 10.9. The molecule has 0 bridgehead atoms. The minimum absolute atomic E-state index is 0.0260. The number of carbonyl (C=O) groups excluding carboxylic acids is 2. The fourth-order valence-corrected chi connectivity index (χ4v) is 6.41. The number of aryl methyl sites for hydroxylation is 2. The maximum absolute atomic E-state index is 13.2. The highest BCUT2D eigenvalue weighted by Gasteiger charge is 2.45. The number of aromatic nitrogens is 1. The molecule has 8 heteroatoms. The molecule has 1 aromatic rings. The zero-order chi connectivity index (χ0) is 21.5. The number of nitrogens with zero attached hydrogens (tertiary/aromatic N) is 3. The predicted octanol–water partition coefficient (Wildman–Crippen LogP) is 2.74. The molecule has 3 heterocycles. The highest BCUT2D eigenvalue weighted by Crippen LogP contribution is 2.42. The molecule has 3 fully saturated rings. The summed E-state index contributed by atoms with van der Waals surface area (Å²) in [4.78, 5) is 31.7. The van der Waals surface area contributed by atoms with E-state index in [1.165, 1.54) is 12.8 Å². The van der Waals surface area contributed by atoms with Crippen LogP contribution in [0.4, 0.5) is 0 Å². The van der Waals surface area contributed by atoms with Crippen LogP contribution in [0.3, 0.4) is 0 Å². The molecule has 30 heavy (non-hydrogen) atoms.